The van der Waals surface area contributed by atoms with E-state index in [0.29, 0.717) is 11.3 Å². The Morgan fingerprint density at radius 2 is 1.75 bits per heavy atom. The number of carbonyl (C=O) groups excluding carboxylic acids is 1. The Kier molecular flexibility index (Phi) is 4.52. The first kappa shape index (κ1) is 18.1. The minimum atomic E-state index is -0.432. The van der Waals surface area contributed by atoms with Crippen LogP contribution in [0.3, 0.4) is 0 Å². The summed E-state index contributed by atoms with van der Waals surface area (Å²) in [5.74, 6) is -0.295. The molecule has 8 nitrogen and oxygen atoms in total. The van der Waals surface area contributed by atoms with Crippen molar-refractivity contribution in [3.05, 3.63) is 86.5 Å². The molecule has 4 rings (SSSR count). The van der Waals surface area contributed by atoms with Crippen molar-refractivity contribution in [2.45, 2.75) is 6.92 Å². The van der Waals surface area contributed by atoms with Crippen molar-refractivity contribution >= 4 is 21.7 Å². The molecule has 0 saturated carbocycles. The molecule has 28 heavy (non-hydrogen) atoms. The summed E-state index contributed by atoms with van der Waals surface area (Å²) in [6.07, 6.45) is 1.72. The zero-order valence-corrected chi connectivity index (χ0v) is 16.7. The predicted molar refractivity (Wildman–Crippen MR) is 106 cm³/mol. The van der Waals surface area contributed by atoms with E-state index < -0.39 is 5.69 Å². The Morgan fingerprint density at radius 3 is 2.46 bits per heavy atom. The van der Waals surface area contributed by atoms with Gasteiger partial charge in [-0.25, -0.2) is 9.48 Å². The second kappa shape index (κ2) is 7.01. The first-order valence-electron chi connectivity index (χ1n) is 8.41. The van der Waals surface area contributed by atoms with Gasteiger partial charge in [-0.2, -0.15) is 14.5 Å². The van der Waals surface area contributed by atoms with Gasteiger partial charge in [0.25, 0.3) is 0 Å². The van der Waals surface area contributed by atoms with Crippen LogP contribution in [0.15, 0.2) is 64.0 Å². The number of hydrogen-bond donors (Lipinski definition) is 0. The summed E-state index contributed by atoms with van der Waals surface area (Å²) in [5.41, 5.74) is 2.11. The molecule has 0 N–H and O–H groups in total. The van der Waals surface area contributed by atoms with Crippen LogP contribution in [0.1, 0.15) is 21.6 Å². The molecule has 0 spiro atoms. The van der Waals surface area contributed by atoms with Gasteiger partial charge in [-0.1, -0.05) is 24.3 Å². The summed E-state index contributed by atoms with van der Waals surface area (Å²) in [5, 5.41) is 12.0. The number of rotatable bonds is 4. The van der Waals surface area contributed by atoms with Crippen LogP contribution in [0.4, 0.5) is 0 Å². The molecule has 4 aromatic rings. The Labute approximate surface area is 168 Å². The highest BCUT2D eigenvalue weighted by Crippen LogP contribution is 2.23. The molecule has 0 bridgehead atoms. The third-order valence-electron chi connectivity index (χ3n) is 4.35. The number of para-hydroxylation sites is 1. The Hall–Kier alpha value is -3.33. The number of hydrogen-bond acceptors (Lipinski definition) is 5. The third kappa shape index (κ3) is 2.99. The second-order valence-electron chi connectivity index (χ2n) is 6.19. The average Bonchev–Trinajstić information content (AvgIpc) is 3.29. The molecular formula is C19H15BrN6O2. The van der Waals surface area contributed by atoms with Crippen LogP contribution in [-0.4, -0.2) is 35.4 Å². The third-order valence-corrected chi connectivity index (χ3v) is 5.02. The zero-order chi connectivity index (χ0) is 19.8. The molecule has 2 aromatic carbocycles. The van der Waals surface area contributed by atoms with Crippen molar-refractivity contribution < 1.29 is 4.79 Å². The monoisotopic (exact) mass is 438 g/mol. The molecule has 0 aliphatic carbocycles. The van der Waals surface area contributed by atoms with Gasteiger partial charge in [0.05, 0.1) is 16.9 Å². The van der Waals surface area contributed by atoms with Gasteiger partial charge >= 0.3 is 5.69 Å². The quantitative estimate of drug-likeness (QED) is 0.456. The summed E-state index contributed by atoms with van der Waals surface area (Å²) in [7, 11) is 1.50. The van der Waals surface area contributed by atoms with Crippen LogP contribution in [0.25, 0.3) is 11.4 Å². The van der Waals surface area contributed by atoms with Crippen LogP contribution in [0, 0.1) is 6.92 Å². The van der Waals surface area contributed by atoms with Gasteiger partial charge in [0.2, 0.25) is 5.78 Å². The van der Waals surface area contributed by atoms with E-state index in [1.807, 2.05) is 37.3 Å². The molecule has 0 unspecified atom stereocenters. The van der Waals surface area contributed by atoms with Gasteiger partial charge in [-0.05, 0) is 63.1 Å². The highest BCUT2D eigenvalue weighted by Gasteiger charge is 2.22. The van der Waals surface area contributed by atoms with Crippen molar-refractivity contribution in [3.8, 4) is 11.4 Å². The first-order valence-corrected chi connectivity index (χ1v) is 9.21. The normalized spacial score (nSPS) is 11.0. The minimum Gasteiger partial charge on any atom is -0.287 e. The molecule has 0 amide bonds. The lowest BCUT2D eigenvalue weighted by atomic mass is 10.0. The number of nitrogens with zero attached hydrogens (tertiary/aromatic N) is 6. The summed E-state index contributed by atoms with van der Waals surface area (Å²) in [4.78, 5) is 25.5. The standard InChI is InChI=1S/C19H15BrN6O2/c1-12-6-5-9-16(26-19(28)24(2)22-23-26)17(12)18(27)14-10-11-25(21-14)15-8-4-3-7-13(15)20/h3-11H,1-2H3. The number of carbonyl (C=O) groups is 1. The van der Waals surface area contributed by atoms with E-state index >= 15 is 0 Å². The fraction of sp³-hybridized carbons (Fsp3) is 0.105. The summed E-state index contributed by atoms with van der Waals surface area (Å²) >= 11 is 3.49. The van der Waals surface area contributed by atoms with Crippen molar-refractivity contribution in [3.63, 3.8) is 0 Å². The van der Waals surface area contributed by atoms with E-state index in [-0.39, 0.29) is 11.5 Å². The highest BCUT2D eigenvalue weighted by molar-refractivity contribution is 9.10. The average molecular weight is 439 g/mol. The Morgan fingerprint density at radius 1 is 1.00 bits per heavy atom. The minimum absolute atomic E-state index is 0.267. The van der Waals surface area contributed by atoms with Crippen molar-refractivity contribution in [2.75, 3.05) is 0 Å². The molecular weight excluding hydrogens is 424 g/mol. The van der Waals surface area contributed by atoms with Crippen LogP contribution >= 0.6 is 15.9 Å². The van der Waals surface area contributed by atoms with Crippen molar-refractivity contribution in [2.24, 2.45) is 7.05 Å². The zero-order valence-electron chi connectivity index (χ0n) is 15.1. The number of halogens is 1. The molecule has 0 fully saturated rings. The van der Waals surface area contributed by atoms with Crippen molar-refractivity contribution in [1.82, 2.24) is 29.6 Å². The second-order valence-corrected chi connectivity index (χ2v) is 7.05. The summed E-state index contributed by atoms with van der Waals surface area (Å²) in [6, 6.07) is 14.5. The maximum absolute atomic E-state index is 13.3. The van der Waals surface area contributed by atoms with E-state index in [1.165, 1.54) is 7.05 Å². The maximum Gasteiger partial charge on any atom is 0.368 e. The Balaban J connectivity index is 1.81. The summed E-state index contributed by atoms with van der Waals surface area (Å²) in [6.45, 7) is 1.81. The van der Waals surface area contributed by atoms with Gasteiger partial charge in [-0.15, -0.1) is 0 Å². The van der Waals surface area contributed by atoms with E-state index in [2.05, 4.69) is 31.5 Å². The smallest absolute Gasteiger partial charge is 0.287 e. The lowest BCUT2D eigenvalue weighted by molar-refractivity contribution is 0.103. The lowest BCUT2D eigenvalue weighted by Gasteiger charge is -2.09. The summed E-state index contributed by atoms with van der Waals surface area (Å²) < 4.78 is 4.72. The SMILES string of the molecule is Cc1cccc(-n2nnn(C)c2=O)c1C(=O)c1ccn(-c2ccccc2Br)n1. The van der Waals surface area contributed by atoms with Crippen LogP contribution < -0.4 is 5.69 Å². The topological polar surface area (TPSA) is 87.6 Å². The van der Waals surface area contributed by atoms with Crippen LogP contribution in [-0.2, 0) is 7.05 Å². The molecule has 9 heteroatoms. The maximum atomic E-state index is 13.3. The molecule has 0 saturated heterocycles. The largest absolute Gasteiger partial charge is 0.368 e. The highest BCUT2D eigenvalue weighted by atomic mass is 79.9. The molecule has 2 aromatic heterocycles. The number of benzene rings is 2. The molecule has 0 radical (unpaired) electrons. The van der Waals surface area contributed by atoms with Crippen LogP contribution in [0.2, 0.25) is 0 Å². The molecule has 0 atom stereocenters. The van der Waals surface area contributed by atoms with E-state index in [0.717, 1.165) is 25.1 Å². The molecule has 0 aliphatic heterocycles. The number of ketones is 1. The van der Waals surface area contributed by atoms with E-state index in [1.54, 1.807) is 29.1 Å². The molecule has 0 aliphatic rings. The fourth-order valence-electron chi connectivity index (χ4n) is 2.93. The molecule has 2 heterocycles. The number of aromatic nitrogens is 6. The fourth-order valence-corrected chi connectivity index (χ4v) is 3.40. The van der Waals surface area contributed by atoms with Gasteiger partial charge in [-0.3, -0.25) is 4.79 Å². The van der Waals surface area contributed by atoms with Crippen LogP contribution in [0.5, 0.6) is 0 Å². The van der Waals surface area contributed by atoms with E-state index in [4.69, 9.17) is 0 Å². The molecule has 140 valence electrons. The predicted octanol–water partition coefficient (Wildman–Crippen LogP) is 2.45. The van der Waals surface area contributed by atoms with Crippen molar-refractivity contribution in [1.29, 1.82) is 0 Å². The van der Waals surface area contributed by atoms with Gasteiger partial charge < -0.3 is 0 Å². The Bertz CT molecular complexity index is 1250. The first-order chi connectivity index (χ1) is 13.5. The van der Waals surface area contributed by atoms with Gasteiger partial charge in [0, 0.05) is 17.7 Å². The van der Waals surface area contributed by atoms with Gasteiger partial charge in [0.15, 0.2) is 0 Å². The number of aryl methyl sites for hydroxylation is 2. The van der Waals surface area contributed by atoms with E-state index in [9.17, 15) is 9.59 Å². The van der Waals surface area contributed by atoms with Gasteiger partial charge in [0.1, 0.15) is 5.69 Å². The number of tetrazole rings is 1. The lowest BCUT2D eigenvalue weighted by Crippen LogP contribution is -2.24.